The molecule has 1 aliphatic rings. The largest absolute Gasteiger partial charge is 0.478 e. The Kier molecular flexibility index (Phi) is 4.30. The van der Waals surface area contributed by atoms with Crippen molar-refractivity contribution in [3.63, 3.8) is 0 Å². The van der Waals surface area contributed by atoms with E-state index < -0.39 is 11.9 Å². The summed E-state index contributed by atoms with van der Waals surface area (Å²) in [6, 6.07) is 4.32. The molecule has 21 heavy (non-hydrogen) atoms. The molecule has 0 atom stereocenters. The minimum absolute atomic E-state index is 0.0952. The Morgan fingerprint density at radius 1 is 1.24 bits per heavy atom. The maximum Gasteiger partial charge on any atom is 0.338 e. The van der Waals surface area contributed by atoms with Crippen LogP contribution in [0.4, 0.5) is 5.69 Å². The van der Waals surface area contributed by atoms with E-state index in [1.807, 2.05) is 4.90 Å². The van der Waals surface area contributed by atoms with Crippen LogP contribution in [0.3, 0.4) is 0 Å². The molecule has 1 fully saturated rings. The molecular formula is C13H14N4O4. The van der Waals surface area contributed by atoms with Gasteiger partial charge >= 0.3 is 11.9 Å². The Balaban J connectivity index is 2.32. The monoisotopic (exact) mass is 290 g/mol. The Bertz CT molecular complexity index is 617. The molecule has 0 radical (unpaired) electrons. The molecule has 2 N–H and O–H groups in total. The molecule has 1 saturated heterocycles. The first-order valence-corrected chi connectivity index (χ1v) is 6.43. The van der Waals surface area contributed by atoms with Crippen LogP contribution in [-0.2, 0) is 0 Å². The zero-order chi connectivity index (χ0) is 15.4. The van der Waals surface area contributed by atoms with Crippen molar-refractivity contribution in [3.05, 3.63) is 39.8 Å². The predicted molar refractivity (Wildman–Crippen MR) is 74.7 cm³/mol. The summed E-state index contributed by atoms with van der Waals surface area (Å²) in [5, 5.41) is 22.1. The zero-order valence-corrected chi connectivity index (χ0v) is 11.1. The van der Waals surface area contributed by atoms with Crippen LogP contribution in [-0.4, -0.2) is 41.3 Å². The van der Waals surface area contributed by atoms with E-state index in [9.17, 15) is 14.7 Å². The van der Waals surface area contributed by atoms with Crippen molar-refractivity contribution in [3.8, 4) is 0 Å². The Hall–Kier alpha value is -2.73. The van der Waals surface area contributed by atoms with E-state index in [2.05, 4.69) is 10.0 Å². The molecule has 2 rings (SSSR count). The summed E-state index contributed by atoms with van der Waals surface area (Å²) in [6.45, 7) is 1.04. The summed E-state index contributed by atoms with van der Waals surface area (Å²) < 4.78 is 0. The smallest absolute Gasteiger partial charge is 0.338 e. The molecule has 1 aliphatic heterocycles. The Morgan fingerprint density at radius 2 is 1.90 bits per heavy atom. The van der Waals surface area contributed by atoms with E-state index in [4.69, 9.17) is 10.6 Å². The highest BCUT2D eigenvalue weighted by Gasteiger charge is 2.26. The number of carboxylic acid groups (broad SMARTS) is 2. The molecule has 0 aromatic heterocycles. The average Bonchev–Trinajstić information content (AvgIpc) is 2.47. The van der Waals surface area contributed by atoms with Crippen molar-refractivity contribution in [1.82, 2.24) is 0 Å². The second-order valence-corrected chi connectivity index (χ2v) is 4.73. The van der Waals surface area contributed by atoms with E-state index >= 15 is 0 Å². The number of anilines is 1. The number of hydrogen-bond acceptors (Lipinski definition) is 4. The van der Waals surface area contributed by atoms with Gasteiger partial charge in [-0.25, -0.2) is 9.59 Å². The van der Waals surface area contributed by atoms with E-state index in [1.165, 1.54) is 12.1 Å². The lowest BCUT2D eigenvalue weighted by atomic mass is 10.0. The van der Waals surface area contributed by atoms with E-state index in [-0.39, 0.29) is 17.2 Å². The molecule has 1 heterocycles. The lowest BCUT2D eigenvalue weighted by molar-refractivity contribution is 0.0652. The van der Waals surface area contributed by atoms with Gasteiger partial charge in [0.2, 0.25) is 0 Å². The topological polar surface area (TPSA) is 127 Å². The van der Waals surface area contributed by atoms with Crippen LogP contribution < -0.4 is 4.90 Å². The molecule has 110 valence electrons. The molecule has 8 nitrogen and oxygen atoms in total. The summed E-state index contributed by atoms with van der Waals surface area (Å²) in [5.41, 5.74) is 8.38. The SMILES string of the molecule is [N-]=[N+]=NC1CCN(c2cccc(C(=O)O)c2C(=O)O)CC1. The van der Waals surface area contributed by atoms with Crippen molar-refractivity contribution >= 4 is 17.6 Å². The van der Waals surface area contributed by atoms with Gasteiger partial charge in [0, 0.05) is 24.0 Å². The van der Waals surface area contributed by atoms with Crippen LogP contribution in [0.5, 0.6) is 0 Å². The summed E-state index contributed by atoms with van der Waals surface area (Å²) in [7, 11) is 0. The number of carboxylic acids is 2. The third-order valence-electron chi connectivity index (χ3n) is 3.51. The summed E-state index contributed by atoms with van der Waals surface area (Å²) in [6.07, 6.45) is 1.22. The van der Waals surface area contributed by atoms with Crippen molar-refractivity contribution in [1.29, 1.82) is 0 Å². The Labute approximate surface area is 120 Å². The lowest BCUT2D eigenvalue weighted by Gasteiger charge is -2.32. The number of azide groups is 1. The average molecular weight is 290 g/mol. The highest BCUT2D eigenvalue weighted by atomic mass is 16.4. The van der Waals surface area contributed by atoms with Gasteiger partial charge in [0.25, 0.3) is 0 Å². The van der Waals surface area contributed by atoms with Gasteiger partial charge in [-0.1, -0.05) is 11.2 Å². The van der Waals surface area contributed by atoms with Gasteiger partial charge in [-0.15, -0.1) is 0 Å². The third kappa shape index (κ3) is 3.06. The lowest BCUT2D eigenvalue weighted by Crippen LogP contribution is -2.36. The van der Waals surface area contributed by atoms with Gasteiger partial charge in [0.15, 0.2) is 0 Å². The van der Waals surface area contributed by atoms with Crippen LogP contribution in [0.1, 0.15) is 33.6 Å². The second kappa shape index (κ2) is 6.15. The molecule has 8 heteroatoms. The highest BCUT2D eigenvalue weighted by Crippen LogP contribution is 2.28. The number of nitrogens with zero attached hydrogens (tertiary/aromatic N) is 4. The number of piperidine rings is 1. The van der Waals surface area contributed by atoms with Gasteiger partial charge in [0.1, 0.15) is 0 Å². The quantitative estimate of drug-likeness (QED) is 0.500. The molecule has 0 unspecified atom stereocenters. The molecule has 0 bridgehead atoms. The minimum atomic E-state index is -1.27. The third-order valence-corrected chi connectivity index (χ3v) is 3.51. The summed E-state index contributed by atoms with van der Waals surface area (Å²) >= 11 is 0. The maximum atomic E-state index is 11.4. The van der Waals surface area contributed by atoms with E-state index in [0.29, 0.717) is 31.6 Å². The van der Waals surface area contributed by atoms with Crippen molar-refractivity contribution < 1.29 is 19.8 Å². The number of carbonyl (C=O) groups is 2. The number of benzene rings is 1. The van der Waals surface area contributed by atoms with E-state index in [0.717, 1.165) is 0 Å². The van der Waals surface area contributed by atoms with Crippen molar-refractivity contribution in [2.75, 3.05) is 18.0 Å². The molecule has 0 saturated carbocycles. The predicted octanol–water partition coefficient (Wildman–Crippen LogP) is 2.36. The fourth-order valence-electron chi connectivity index (χ4n) is 2.50. The first-order chi connectivity index (χ1) is 10.0. The van der Waals surface area contributed by atoms with Crippen LogP contribution in [0.25, 0.3) is 10.4 Å². The van der Waals surface area contributed by atoms with Crippen LogP contribution in [0.15, 0.2) is 23.3 Å². The maximum absolute atomic E-state index is 11.4. The highest BCUT2D eigenvalue weighted by molar-refractivity contribution is 6.05. The Morgan fingerprint density at radius 3 is 2.43 bits per heavy atom. The van der Waals surface area contributed by atoms with Gasteiger partial charge < -0.3 is 15.1 Å². The fraction of sp³-hybridized carbons (Fsp3) is 0.385. The number of rotatable bonds is 4. The van der Waals surface area contributed by atoms with Gasteiger partial charge in [-0.3, -0.25) is 0 Å². The first kappa shape index (κ1) is 14.7. The van der Waals surface area contributed by atoms with Crippen molar-refractivity contribution in [2.45, 2.75) is 18.9 Å². The molecule has 1 aromatic carbocycles. The summed E-state index contributed by atoms with van der Waals surface area (Å²) in [5.74, 6) is -2.53. The molecule has 1 aromatic rings. The van der Waals surface area contributed by atoms with E-state index in [1.54, 1.807) is 6.07 Å². The molecule has 0 spiro atoms. The molecule has 0 amide bonds. The van der Waals surface area contributed by atoms with Gasteiger partial charge in [0.05, 0.1) is 16.8 Å². The summed E-state index contributed by atoms with van der Waals surface area (Å²) in [4.78, 5) is 27.2. The normalized spacial score (nSPS) is 15.3. The zero-order valence-electron chi connectivity index (χ0n) is 11.1. The molecular weight excluding hydrogens is 276 g/mol. The standard InChI is InChI=1S/C13H14N4O4/c14-16-15-8-4-6-17(7-5-8)10-3-1-2-9(12(18)19)11(10)13(20)21/h1-3,8H,4-7H2,(H,18,19)(H,20,21). The van der Waals surface area contributed by atoms with Crippen LogP contribution in [0.2, 0.25) is 0 Å². The van der Waals surface area contributed by atoms with Crippen LogP contribution >= 0.6 is 0 Å². The van der Waals surface area contributed by atoms with Crippen LogP contribution in [0, 0.1) is 0 Å². The number of hydrogen-bond donors (Lipinski definition) is 2. The van der Waals surface area contributed by atoms with Crippen molar-refractivity contribution in [2.24, 2.45) is 5.11 Å². The van der Waals surface area contributed by atoms with Gasteiger partial charge in [-0.2, -0.15) is 0 Å². The number of aromatic carboxylic acids is 2. The fourth-order valence-corrected chi connectivity index (χ4v) is 2.50. The second-order valence-electron chi connectivity index (χ2n) is 4.73. The molecule has 0 aliphatic carbocycles. The minimum Gasteiger partial charge on any atom is -0.478 e. The van der Waals surface area contributed by atoms with Gasteiger partial charge in [-0.05, 0) is 30.5 Å². The first-order valence-electron chi connectivity index (χ1n) is 6.43.